The smallest absolute Gasteiger partial charge is 0.346 e. The quantitative estimate of drug-likeness (QED) is 0.0520. The van der Waals surface area contributed by atoms with Crippen LogP contribution in [0.1, 0.15) is 91.8 Å². The van der Waals surface area contributed by atoms with Gasteiger partial charge in [0.1, 0.15) is 40.9 Å². The van der Waals surface area contributed by atoms with Crippen molar-refractivity contribution >= 4 is 60.0 Å². The van der Waals surface area contributed by atoms with Gasteiger partial charge in [0.2, 0.25) is 15.9 Å². The Morgan fingerprint density at radius 3 is 2.14 bits per heavy atom. The third-order valence-corrected chi connectivity index (χ3v) is 16.5. The van der Waals surface area contributed by atoms with Crippen molar-refractivity contribution < 1.29 is 70.3 Å². The minimum absolute atomic E-state index is 0.00962. The summed E-state index contributed by atoms with van der Waals surface area (Å²) in [6.45, 7) is -0.190. The van der Waals surface area contributed by atoms with Crippen molar-refractivity contribution in [3.63, 3.8) is 0 Å². The minimum Gasteiger partial charge on any atom is -0.346 e. The predicted molar refractivity (Wildman–Crippen MR) is 260 cm³/mol. The van der Waals surface area contributed by atoms with Crippen LogP contribution in [0, 0.1) is 29.4 Å². The second-order valence-corrected chi connectivity index (χ2v) is 24.4. The Hall–Kier alpha value is -5.82. The van der Waals surface area contributed by atoms with Crippen molar-refractivity contribution in [3.8, 4) is 23.0 Å². The average molecular weight is 1140 g/mol. The zero-order chi connectivity index (χ0) is 56.4. The fraction of sp³-hybridized carbons (Fsp3) is 0.479. The lowest BCUT2D eigenvalue weighted by atomic mass is 9.73. The van der Waals surface area contributed by atoms with Gasteiger partial charge in [-0.3, -0.25) is 19.0 Å². The number of rotatable bonds is 17. The first kappa shape index (κ1) is 57.9. The predicted octanol–water partition coefficient (Wildman–Crippen LogP) is 8.03. The normalized spacial score (nSPS) is 17.4. The second kappa shape index (κ2) is 20.9. The van der Waals surface area contributed by atoms with Gasteiger partial charge >= 0.3 is 12.4 Å². The third kappa shape index (κ3) is 12.0. The van der Waals surface area contributed by atoms with Gasteiger partial charge in [-0.25, -0.2) is 30.6 Å². The van der Waals surface area contributed by atoms with E-state index < -0.39 is 154 Å². The van der Waals surface area contributed by atoms with Crippen molar-refractivity contribution in [2.24, 2.45) is 11.7 Å². The number of nitrogens with two attached hydrogens (primary N) is 1. The van der Waals surface area contributed by atoms with Crippen molar-refractivity contribution in [2.75, 3.05) is 37.5 Å². The van der Waals surface area contributed by atoms with Crippen molar-refractivity contribution in [3.05, 3.63) is 93.0 Å². The van der Waals surface area contributed by atoms with E-state index in [2.05, 4.69) is 32.3 Å². The van der Waals surface area contributed by atoms with Gasteiger partial charge in [-0.05, 0) is 114 Å². The molecule has 15 nitrogen and oxygen atoms in total. The molecule has 2 aromatic carbocycles. The van der Waals surface area contributed by atoms with Crippen LogP contribution in [0.25, 0.3) is 22.0 Å². The number of carbonyl (C=O) groups excluding carboxylic acids is 2. The zero-order valence-electron chi connectivity index (χ0n) is 41.3. The molecule has 7 rings (SSSR count). The molecular formula is C48H50ClF10N9O6S2. The number of anilines is 1. The number of nitrogens with zero attached hydrogens (tertiary/aromatic N) is 7. The SMILES string of the molecule is CN(C)CCCC[C@H](N)C(=O)N(c1nn(CC(F)(F)F)c2c(-c3ccc(C#CC(C)(C)S(C)(=O)=O)nc3[C@H](Cc3cc(F)cc(F)c3)NC(=O)Cn3nc(C(F)(F)F)c4c3C(F)(F)[C@@H]3CC[C@H]43)ccc(Cl)c12)S(C)(=O)=O. The van der Waals surface area contributed by atoms with Gasteiger partial charge in [0, 0.05) is 34.9 Å². The number of pyridine rings is 1. The summed E-state index contributed by atoms with van der Waals surface area (Å²) in [5.74, 6) is -7.22. The van der Waals surface area contributed by atoms with Gasteiger partial charge in [-0.15, -0.1) is 0 Å². The van der Waals surface area contributed by atoms with Gasteiger partial charge in [0.15, 0.2) is 21.3 Å². The van der Waals surface area contributed by atoms with E-state index >= 15 is 8.78 Å². The van der Waals surface area contributed by atoms with E-state index in [1.807, 2.05) is 4.90 Å². The highest BCUT2D eigenvalue weighted by Gasteiger charge is 2.63. The number of sulfonamides is 1. The standard InChI is InChI=1S/C48H50ClF10N9O6S2/c1-45(2,75(5,71)72)17-16-28-10-11-29(30-13-15-33(49)38-40(30)67(24-46(52,53)54)64-43(38)68(76(6,73)74)44(70)34(60)9-7-8-18-65(3)4)39(61-28)35(21-25-19-26(50)22-27(51)20-25)62-36(69)23-66-42-37(41(63-66)48(57,58)59)31-12-14-32(31)47(42,55)56/h10-11,13,15,19-20,22,31-32,34-35H,7-9,12,14,18,21,23-24,60H2,1-6H3,(H,62,69)/t31-,32+,34-,35-/m0/s1. The fourth-order valence-corrected chi connectivity index (χ4v) is 10.6. The highest BCUT2D eigenvalue weighted by Crippen LogP contribution is 2.64. The topological polar surface area (TPSA) is 195 Å². The lowest BCUT2D eigenvalue weighted by molar-refractivity contribution is -0.144. The van der Waals surface area contributed by atoms with Crippen molar-refractivity contribution in [1.82, 2.24) is 34.8 Å². The summed E-state index contributed by atoms with van der Waals surface area (Å²) in [5, 5.41) is 8.90. The lowest BCUT2D eigenvalue weighted by Gasteiger charge is -2.34. The molecule has 3 heterocycles. The molecule has 28 heteroatoms. The van der Waals surface area contributed by atoms with E-state index in [4.69, 9.17) is 17.3 Å². The molecule has 2 aliphatic carbocycles. The Morgan fingerprint density at radius 1 is 0.934 bits per heavy atom. The van der Waals surface area contributed by atoms with Crippen LogP contribution in [0.4, 0.5) is 49.7 Å². The summed E-state index contributed by atoms with van der Waals surface area (Å²) in [6, 6.07) is 3.39. The largest absolute Gasteiger partial charge is 0.435 e. The number of benzene rings is 2. The number of aromatic nitrogens is 5. The molecule has 0 radical (unpaired) electrons. The third-order valence-electron chi connectivity index (χ3n) is 13.2. The fourth-order valence-electron chi connectivity index (χ4n) is 9.26. The molecule has 3 aromatic heterocycles. The molecule has 412 valence electrons. The Morgan fingerprint density at radius 2 is 1.58 bits per heavy atom. The van der Waals surface area contributed by atoms with Crippen LogP contribution in [0.15, 0.2) is 42.5 Å². The molecule has 0 aliphatic heterocycles. The number of amides is 2. The molecule has 0 spiro atoms. The van der Waals surface area contributed by atoms with Gasteiger partial charge in [0.05, 0.1) is 40.0 Å². The molecule has 0 saturated heterocycles. The van der Waals surface area contributed by atoms with Crippen molar-refractivity contribution in [1.29, 1.82) is 0 Å². The highest BCUT2D eigenvalue weighted by molar-refractivity contribution is 7.93. The van der Waals surface area contributed by atoms with Crippen LogP contribution in [-0.4, -0.2) is 108 Å². The summed E-state index contributed by atoms with van der Waals surface area (Å²) in [4.78, 5) is 34.8. The number of hydrogen-bond acceptors (Lipinski definition) is 11. The van der Waals surface area contributed by atoms with E-state index in [0.29, 0.717) is 36.4 Å². The summed E-state index contributed by atoms with van der Waals surface area (Å²) in [6.07, 6.45) is -8.93. The van der Waals surface area contributed by atoms with Crippen LogP contribution in [0.3, 0.4) is 0 Å². The summed E-state index contributed by atoms with van der Waals surface area (Å²) < 4.78 is 200. The first-order valence-electron chi connectivity index (χ1n) is 23.2. The lowest BCUT2D eigenvalue weighted by Crippen LogP contribution is -2.47. The number of alkyl halides is 8. The summed E-state index contributed by atoms with van der Waals surface area (Å²) >= 11 is 6.71. The summed E-state index contributed by atoms with van der Waals surface area (Å²) in [7, 11) is -5.12. The molecule has 0 bridgehead atoms. The monoisotopic (exact) mass is 1140 g/mol. The van der Waals surface area contributed by atoms with Crippen LogP contribution in [0.2, 0.25) is 5.02 Å². The van der Waals surface area contributed by atoms with Gasteiger partial charge < -0.3 is 16.0 Å². The Balaban J connectivity index is 1.47. The number of halogens is 11. The van der Waals surface area contributed by atoms with Gasteiger partial charge in [0.25, 0.3) is 11.8 Å². The van der Waals surface area contributed by atoms with Crippen LogP contribution >= 0.6 is 11.6 Å². The van der Waals surface area contributed by atoms with Gasteiger partial charge in [-0.2, -0.15) is 49.6 Å². The molecule has 1 saturated carbocycles. The molecule has 0 unspecified atom stereocenters. The maximum absolute atomic E-state index is 15.9. The molecule has 2 aliphatic rings. The number of fused-ring (bicyclic) bond motifs is 4. The van der Waals surface area contributed by atoms with E-state index in [9.17, 15) is 61.5 Å². The number of unbranched alkanes of at least 4 members (excludes halogenated alkanes) is 1. The maximum Gasteiger partial charge on any atom is 0.435 e. The molecule has 3 N–H and O–H groups in total. The van der Waals surface area contributed by atoms with E-state index in [1.165, 1.54) is 26.0 Å². The molecule has 2 amide bonds. The first-order chi connectivity index (χ1) is 35.0. The minimum atomic E-state index is -5.23. The molecule has 76 heavy (non-hydrogen) atoms. The average Bonchev–Trinajstić information content (AvgIpc) is 3.85. The molecule has 5 aromatic rings. The Bertz CT molecular complexity index is 3390. The van der Waals surface area contributed by atoms with Gasteiger partial charge in [-0.1, -0.05) is 30.0 Å². The van der Waals surface area contributed by atoms with Crippen LogP contribution in [0.5, 0.6) is 0 Å². The van der Waals surface area contributed by atoms with Crippen LogP contribution in [-0.2, 0) is 61.1 Å². The maximum atomic E-state index is 15.9. The second-order valence-electron chi connectivity index (χ2n) is 19.6. The zero-order valence-corrected chi connectivity index (χ0v) is 43.7. The molecule has 1 fully saturated rings. The van der Waals surface area contributed by atoms with E-state index in [1.54, 1.807) is 14.1 Å². The number of carbonyl (C=O) groups is 2. The Kier molecular flexibility index (Phi) is 15.9. The number of hydrogen-bond donors (Lipinski definition) is 2. The molecule has 4 atom stereocenters. The van der Waals surface area contributed by atoms with Crippen molar-refractivity contribution in [2.45, 2.75) is 106 Å². The number of nitrogens with one attached hydrogen (secondary N) is 1. The first-order valence-corrected chi connectivity index (χ1v) is 27.4. The summed E-state index contributed by atoms with van der Waals surface area (Å²) in [5.41, 5.74) is 0.484. The van der Waals surface area contributed by atoms with Crippen LogP contribution < -0.4 is 15.4 Å². The number of sulfone groups is 1. The molecular weight excluding hydrogens is 1090 g/mol. The Labute approximate surface area is 435 Å². The van der Waals surface area contributed by atoms with E-state index in [0.717, 1.165) is 30.5 Å². The highest BCUT2D eigenvalue weighted by atomic mass is 35.5. The van der Waals surface area contributed by atoms with E-state index in [-0.39, 0.29) is 50.6 Å².